The summed E-state index contributed by atoms with van der Waals surface area (Å²) in [4.78, 5) is 23.1. The lowest BCUT2D eigenvalue weighted by molar-refractivity contribution is -0.149. The second-order valence-corrected chi connectivity index (χ2v) is 5.28. The number of carbonyl (C=O) groups is 2. The van der Waals surface area contributed by atoms with Crippen LogP contribution in [0.25, 0.3) is 0 Å². The number of hydrogen-bond acceptors (Lipinski definition) is 4. The fourth-order valence-corrected chi connectivity index (χ4v) is 2.39. The maximum absolute atomic E-state index is 11.7. The van der Waals surface area contributed by atoms with Gasteiger partial charge in [-0.3, -0.25) is 4.79 Å². The van der Waals surface area contributed by atoms with Crippen molar-refractivity contribution < 1.29 is 19.4 Å². The molecule has 0 aromatic heterocycles. The Balaban J connectivity index is 0.00000242. The zero-order valence-corrected chi connectivity index (χ0v) is 13.0. The number of carboxylic acid groups (broad SMARTS) is 1. The van der Waals surface area contributed by atoms with Crippen LogP contribution in [-0.4, -0.2) is 36.8 Å². The Morgan fingerprint density at radius 3 is 2.64 bits per heavy atom. The van der Waals surface area contributed by atoms with Gasteiger partial charge in [0.2, 0.25) is 0 Å². The first kappa shape index (κ1) is 18.3. The maximum atomic E-state index is 11.7. The summed E-state index contributed by atoms with van der Waals surface area (Å²) >= 11 is 0. The van der Waals surface area contributed by atoms with E-state index >= 15 is 0 Å². The standard InChI is InChI=1S/C15H20N2O4.ClH/c18-13(19)15(7-4-8-16-10-15)11-17-14(20)21-9-12-5-2-1-3-6-12;/h1-3,5-6,16H,4,7-11H2,(H,17,20)(H,18,19);1H. The first-order chi connectivity index (χ1) is 10.1. The third-order valence-electron chi connectivity index (χ3n) is 3.71. The molecule has 0 bridgehead atoms. The molecule has 1 saturated heterocycles. The van der Waals surface area contributed by atoms with Gasteiger partial charge >= 0.3 is 12.1 Å². The van der Waals surface area contributed by atoms with Crippen molar-refractivity contribution in [3.63, 3.8) is 0 Å². The SMILES string of the molecule is Cl.O=C(NCC1(C(=O)O)CCCNC1)OCc1ccccc1. The zero-order chi connectivity index (χ0) is 15.1. The van der Waals surface area contributed by atoms with Crippen LogP contribution in [0.2, 0.25) is 0 Å². The van der Waals surface area contributed by atoms with Gasteiger partial charge in [-0.2, -0.15) is 0 Å². The molecular formula is C15H21ClN2O4. The molecule has 122 valence electrons. The Bertz CT molecular complexity index is 490. The molecule has 1 fully saturated rings. The molecule has 1 unspecified atom stereocenters. The predicted molar refractivity (Wildman–Crippen MR) is 84.1 cm³/mol. The Hall–Kier alpha value is -1.79. The van der Waals surface area contributed by atoms with E-state index in [1.54, 1.807) is 0 Å². The van der Waals surface area contributed by atoms with E-state index in [1.165, 1.54) is 0 Å². The van der Waals surface area contributed by atoms with Gasteiger partial charge in [0, 0.05) is 13.1 Å². The minimum Gasteiger partial charge on any atom is -0.481 e. The van der Waals surface area contributed by atoms with Crippen molar-refractivity contribution in [2.75, 3.05) is 19.6 Å². The molecule has 1 aromatic rings. The number of ether oxygens (including phenoxy) is 1. The van der Waals surface area contributed by atoms with Crippen LogP contribution < -0.4 is 10.6 Å². The fraction of sp³-hybridized carbons (Fsp3) is 0.467. The molecule has 1 atom stereocenters. The van der Waals surface area contributed by atoms with Gasteiger partial charge in [-0.1, -0.05) is 30.3 Å². The summed E-state index contributed by atoms with van der Waals surface area (Å²) in [6.45, 7) is 1.42. The highest BCUT2D eigenvalue weighted by Crippen LogP contribution is 2.25. The number of amides is 1. The van der Waals surface area contributed by atoms with Gasteiger partial charge in [0.25, 0.3) is 0 Å². The second-order valence-electron chi connectivity index (χ2n) is 5.28. The number of alkyl carbamates (subject to hydrolysis) is 1. The molecule has 22 heavy (non-hydrogen) atoms. The minimum atomic E-state index is -0.940. The van der Waals surface area contributed by atoms with E-state index in [0.717, 1.165) is 18.5 Å². The fourth-order valence-electron chi connectivity index (χ4n) is 2.39. The van der Waals surface area contributed by atoms with Gasteiger partial charge in [0.15, 0.2) is 0 Å². The van der Waals surface area contributed by atoms with Crippen LogP contribution in [0.15, 0.2) is 30.3 Å². The van der Waals surface area contributed by atoms with Gasteiger partial charge in [-0.05, 0) is 24.9 Å². The summed E-state index contributed by atoms with van der Waals surface area (Å²) in [5, 5.41) is 15.0. The van der Waals surface area contributed by atoms with Crippen molar-refractivity contribution in [1.29, 1.82) is 0 Å². The first-order valence-electron chi connectivity index (χ1n) is 7.01. The third kappa shape index (κ3) is 4.89. The van der Waals surface area contributed by atoms with E-state index in [1.807, 2.05) is 30.3 Å². The molecule has 1 amide bonds. The lowest BCUT2D eigenvalue weighted by atomic mass is 9.80. The Morgan fingerprint density at radius 1 is 1.32 bits per heavy atom. The minimum absolute atomic E-state index is 0. The largest absolute Gasteiger partial charge is 0.481 e. The normalized spacial score (nSPS) is 20.5. The molecule has 1 aliphatic heterocycles. The highest BCUT2D eigenvalue weighted by molar-refractivity contribution is 5.85. The highest BCUT2D eigenvalue weighted by Gasteiger charge is 2.40. The molecule has 0 saturated carbocycles. The van der Waals surface area contributed by atoms with Crippen LogP contribution in [0.5, 0.6) is 0 Å². The number of piperidine rings is 1. The van der Waals surface area contributed by atoms with Crippen LogP contribution in [0.4, 0.5) is 4.79 Å². The number of halogens is 1. The summed E-state index contributed by atoms with van der Waals surface area (Å²) in [7, 11) is 0. The van der Waals surface area contributed by atoms with Crippen molar-refractivity contribution >= 4 is 24.5 Å². The molecule has 3 N–H and O–H groups in total. The summed E-state index contributed by atoms with van der Waals surface area (Å²) in [6.07, 6.45) is 0.742. The van der Waals surface area contributed by atoms with Crippen LogP contribution in [-0.2, 0) is 16.1 Å². The third-order valence-corrected chi connectivity index (χ3v) is 3.71. The monoisotopic (exact) mass is 328 g/mol. The van der Waals surface area contributed by atoms with Crippen molar-refractivity contribution in [2.24, 2.45) is 5.41 Å². The van der Waals surface area contributed by atoms with E-state index in [4.69, 9.17) is 4.74 Å². The summed E-state index contributed by atoms with van der Waals surface area (Å²) in [5.41, 5.74) is -0.0516. The van der Waals surface area contributed by atoms with E-state index < -0.39 is 17.5 Å². The molecular weight excluding hydrogens is 308 g/mol. The number of aliphatic carboxylic acids is 1. The summed E-state index contributed by atoms with van der Waals surface area (Å²) in [6, 6.07) is 9.33. The summed E-state index contributed by atoms with van der Waals surface area (Å²) in [5.74, 6) is -0.891. The average molecular weight is 329 g/mol. The van der Waals surface area contributed by atoms with Gasteiger partial charge in [-0.15, -0.1) is 12.4 Å². The second kappa shape index (κ2) is 8.60. The summed E-state index contributed by atoms with van der Waals surface area (Å²) < 4.78 is 5.08. The number of hydrogen-bond donors (Lipinski definition) is 3. The van der Waals surface area contributed by atoms with Crippen LogP contribution in [0, 0.1) is 5.41 Å². The molecule has 1 heterocycles. The zero-order valence-electron chi connectivity index (χ0n) is 12.2. The molecule has 2 rings (SSSR count). The Labute approximate surface area is 135 Å². The van der Waals surface area contributed by atoms with Crippen molar-refractivity contribution in [1.82, 2.24) is 10.6 Å². The van der Waals surface area contributed by atoms with Crippen LogP contribution in [0.3, 0.4) is 0 Å². The first-order valence-corrected chi connectivity index (χ1v) is 7.01. The predicted octanol–water partition coefficient (Wildman–Crippen LogP) is 1.79. The molecule has 6 nitrogen and oxygen atoms in total. The van der Waals surface area contributed by atoms with E-state index in [-0.39, 0.29) is 25.6 Å². The maximum Gasteiger partial charge on any atom is 0.407 e. The van der Waals surface area contributed by atoms with Crippen molar-refractivity contribution in [3.05, 3.63) is 35.9 Å². The molecule has 0 radical (unpaired) electrons. The van der Waals surface area contributed by atoms with E-state index in [0.29, 0.717) is 13.0 Å². The number of rotatable bonds is 5. The van der Waals surface area contributed by atoms with Gasteiger partial charge < -0.3 is 20.5 Å². The van der Waals surface area contributed by atoms with E-state index in [2.05, 4.69) is 10.6 Å². The van der Waals surface area contributed by atoms with Crippen molar-refractivity contribution in [3.8, 4) is 0 Å². The van der Waals surface area contributed by atoms with Crippen LogP contribution in [0.1, 0.15) is 18.4 Å². The van der Waals surface area contributed by atoms with Gasteiger partial charge in [0.05, 0.1) is 5.41 Å². The molecule has 1 aliphatic rings. The molecule has 0 aliphatic carbocycles. The topological polar surface area (TPSA) is 87.7 Å². The number of benzene rings is 1. The number of carbonyl (C=O) groups excluding carboxylic acids is 1. The highest BCUT2D eigenvalue weighted by atomic mass is 35.5. The lowest BCUT2D eigenvalue weighted by Crippen LogP contribution is -2.52. The van der Waals surface area contributed by atoms with Crippen LogP contribution >= 0.6 is 12.4 Å². The van der Waals surface area contributed by atoms with Gasteiger partial charge in [-0.25, -0.2) is 4.79 Å². The number of carboxylic acids is 1. The lowest BCUT2D eigenvalue weighted by Gasteiger charge is -2.33. The van der Waals surface area contributed by atoms with E-state index in [9.17, 15) is 14.7 Å². The van der Waals surface area contributed by atoms with Gasteiger partial charge in [0.1, 0.15) is 6.61 Å². The molecule has 1 aromatic carbocycles. The molecule has 0 spiro atoms. The average Bonchev–Trinajstić information content (AvgIpc) is 2.52. The smallest absolute Gasteiger partial charge is 0.407 e. The Kier molecular flexibility index (Phi) is 7.14. The Morgan fingerprint density at radius 2 is 2.05 bits per heavy atom. The quantitative estimate of drug-likeness (QED) is 0.767. The van der Waals surface area contributed by atoms with Crippen molar-refractivity contribution in [2.45, 2.75) is 19.4 Å². The molecule has 7 heteroatoms. The number of nitrogens with one attached hydrogen (secondary N) is 2.